The average Bonchev–Trinajstić information content (AvgIpc) is 2.63. The Balaban J connectivity index is 2.79. The van der Waals surface area contributed by atoms with Crippen LogP contribution in [0.4, 0.5) is 0 Å². The number of alkyl halides is 1. The molecule has 3 nitrogen and oxygen atoms in total. The van der Waals surface area contributed by atoms with E-state index in [4.69, 9.17) is 4.74 Å². The first-order chi connectivity index (χ1) is 8.10. The molecule has 0 aliphatic carbocycles. The van der Waals surface area contributed by atoms with Gasteiger partial charge in [-0.05, 0) is 37.9 Å². The minimum absolute atomic E-state index is 0.0234. The van der Waals surface area contributed by atoms with Crippen molar-refractivity contribution in [2.45, 2.75) is 0 Å². The molecule has 0 aliphatic rings. The van der Waals surface area contributed by atoms with Gasteiger partial charge in [0.15, 0.2) is 0 Å². The lowest BCUT2D eigenvalue weighted by atomic mass is 10.3. The number of hydrogen-bond acceptors (Lipinski definition) is 3. The molecule has 1 rings (SSSR count). The van der Waals surface area contributed by atoms with Gasteiger partial charge in [0, 0.05) is 25.5 Å². The third kappa shape index (κ3) is 4.63. The Hall–Kier alpha value is 0.570. The molecule has 1 heterocycles. The Morgan fingerprint density at radius 2 is 2.18 bits per heavy atom. The van der Waals surface area contributed by atoms with Crippen LogP contribution < -0.4 is 0 Å². The number of carbonyl (C=O) groups excluding carboxylic acids is 1. The van der Waals surface area contributed by atoms with Crippen molar-refractivity contribution in [3.8, 4) is 0 Å². The van der Waals surface area contributed by atoms with Crippen LogP contribution in [-0.2, 0) is 4.74 Å². The van der Waals surface area contributed by atoms with Crippen LogP contribution >= 0.6 is 59.1 Å². The monoisotopic (exact) mass is 447 g/mol. The molecule has 0 spiro atoms. The maximum absolute atomic E-state index is 12.3. The molecule has 0 radical (unpaired) electrons. The van der Waals surface area contributed by atoms with Gasteiger partial charge in [0.1, 0.15) is 0 Å². The fourth-order valence-electron chi connectivity index (χ4n) is 1.27. The van der Waals surface area contributed by atoms with Gasteiger partial charge < -0.3 is 9.64 Å². The topological polar surface area (TPSA) is 29.5 Å². The highest BCUT2D eigenvalue weighted by atomic mass is 79.9. The molecule has 0 N–H and O–H groups in total. The number of methoxy groups -OCH3 is 1. The highest BCUT2D eigenvalue weighted by Crippen LogP contribution is 2.32. The molecule has 0 bridgehead atoms. The quantitative estimate of drug-likeness (QED) is 0.619. The number of nitrogens with zero attached hydrogens (tertiary/aromatic N) is 1. The minimum Gasteiger partial charge on any atom is -0.383 e. The van der Waals surface area contributed by atoms with Crippen molar-refractivity contribution in [2.24, 2.45) is 0 Å². The van der Waals surface area contributed by atoms with E-state index in [-0.39, 0.29) is 5.91 Å². The molecule has 96 valence electrons. The van der Waals surface area contributed by atoms with Gasteiger partial charge in [-0.1, -0.05) is 15.9 Å². The summed E-state index contributed by atoms with van der Waals surface area (Å²) in [5.74, 6) is 0.0234. The Bertz CT molecular complexity index is 384. The summed E-state index contributed by atoms with van der Waals surface area (Å²) in [7, 11) is 1.63. The van der Waals surface area contributed by atoms with Gasteiger partial charge in [-0.25, -0.2) is 0 Å². The second-order valence-corrected chi connectivity index (χ2v) is 7.75. The van der Waals surface area contributed by atoms with Crippen LogP contribution in [0.15, 0.2) is 13.6 Å². The van der Waals surface area contributed by atoms with E-state index in [1.165, 1.54) is 11.3 Å². The van der Waals surface area contributed by atoms with E-state index in [9.17, 15) is 4.79 Å². The molecule has 7 heteroatoms. The number of hydrogen-bond donors (Lipinski definition) is 0. The molecule has 1 amide bonds. The molecule has 0 saturated heterocycles. The van der Waals surface area contributed by atoms with E-state index in [2.05, 4.69) is 47.8 Å². The van der Waals surface area contributed by atoms with Crippen LogP contribution in [0.25, 0.3) is 0 Å². The molecule has 0 saturated carbocycles. The maximum Gasteiger partial charge on any atom is 0.256 e. The van der Waals surface area contributed by atoms with Gasteiger partial charge in [0.05, 0.1) is 19.7 Å². The smallest absolute Gasteiger partial charge is 0.256 e. The maximum atomic E-state index is 12.3. The van der Waals surface area contributed by atoms with Crippen molar-refractivity contribution in [3.63, 3.8) is 0 Å². The van der Waals surface area contributed by atoms with Crippen molar-refractivity contribution < 1.29 is 9.53 Å². The van der Waals surface area contributed by atoms with Crippen LogP contribution in [0.3, 0.4) is 0 Å². The summed E-state index contributed by atoms with van der Waals surface area (Å²) in [5, 5.41) is 0.755. The van der Waals surface area contributed by atoms with Crippen molar-refractivity contribution in [1.82, 2.24) is 4.90 Å². The first kappa shape index (κ1) is 15.6. The lowest BCUT2D eigenvalue weighted by molar-refractivity contribution is 0.0708. The number of carbonyl (C=O) groups is 1. The molecular formula is C10H12Br3NO2S. The fourth-order valence-corrected chi connectivity index (χ4v) is 4.48. The van der Waals surface area contributed by atoms with Crippen molar-refractivity contribution in [2.75, 3.05) is 32.1 Å². The highest BCUT2D eigenvalue weighted by molar-refractivity contribution is 9.12. The van der Waals surface area contributed by atoms with Crippen molar-refractivity contribution in [3.05, 3.63) is 19.2 Å². The summed E-state index contributed by atoms with van der Waals surface area (Å²) in [6.07, 6.45) is 0. The third-order valence-corrected chi connectivity index (χ3v) is 4.79. The summed E-state index contributed by atoms with van der Waals surface area (Å²) in [5.41, 5.74) is 0.693. The Labute approximate surface area is 130 Å². The van der Waals surface area contributed by atoms with Crippen LogP contribution in [0, 0.1) is 0 Å². The van der Waals surface area contributed by atoms with E-state index >= 15 is 0 Å². The highest BCUT2D eigenvalue weighted by Gasteiger charge is 2.19. The van der Waals surface area contributed by atoms with Crippen LogP contribution in [0.2, 0.25) is 0 Å². The second-order valence-electron chi connectivity index (χ2n) is 3.21. The lowest BCUT2D eigenvalue weighted by Crippen LogP contribution is -2.35. The number of rotatable bonds is 6. The first-order valence-corrected chi connectivity index (χ1v) is 8.41. The number of ether oxygens (including phenoxy) is 1. The van der Waals surface area contributed by atoms with Gasteiger partial charge in [-0.15, -0.1) is 11.3 Å². The molecule has 0 aromatic carbocycles. The summed E-state index contributed by atoms with van der Waals surface area (Å²) < 4.78 is 6.81. The molecule has 17 heavy (non-hydrogen) atoms. The normalized spacial score (nSPS) is 10.6. The van der Waals surface area contributed by atoms with Gasteiger partial charge in [-0.3, -0.25) is 4.79 Å². The molecule has 0 unspecified atom stereocenters. The van der Waals surface area contributed by atoms with Gasteiger partial charge >= 0.3 is 0 Å². The minimum atomic E-state index is 0.0234. The van der Waals surface area contributed by atoms with E-state index in [0.717, 1.165) is 12.9 Å². The van der Waals surface area contributed by atoms with Gasteiger partial charge in [0.25, 0.3) is 5.91 Å². The van der Waals surface area contributed by atoms with Crippen molar-refractivity contribution >= 4 is 65.0 Å². The average molecular weight is 450 g/mol. The molecule has 0 aliphatic heterocycles. The Morgan fingerprint density at radius 3 is 2.65 bits per heavy atom. The predicted molar refractivity (Wildman–Crippen MR) is 81.3 cm³/mol. The molecule has 1 aromatic heterocycles. The zero-order valence-corrected chi connectivity index (χ0v) is 14.8. The van der Waals surface area contributed by atoms with Gasteiger partial charge in [-0.2, -0.15) is 0 Å². The standard InChI is InChI=1S/C10H12Br3NO2S/c1-16-5-4-14(3-2-11)10(15)7-6-8(12)17-9(7)13/h6H,2-5H2,1H3. The van der Waals surface area contributed by atoms with Crippen LogP contribution in [-0.4, -0.2) is 42.9 Å². The largest absolute Gasteiger partial charge is 0.383 e. The zero-order chi connectivity index (χ0) is 12.8. The van der Waals surface area contributed by atoms with E-state index in [1.54, 1.807) is 12.0 Å². The summed E-state index contributed by atoms with van der Waals surface area (Å²) in [6, 6.07) is 1.84. The number of thiophene rings is 1. The zero-order valence-electron chi connectivity index (χ0n) is 9.21. The summed E-state index contributed by atoms with van der Waals surface area (Å²) in [4.78, 5) is 14.1. The van der Waals surface area contributed by atoms with Crippen molar-refractivity contribution in [1.29, 1.82) is 0 Å². The molecule has 1 aromatic rings. The van der Waals surface area contributed by atoms with Crippen LogP contribution in [0.5, 0.6) is 0 Å². The fraction of sp³-hybridized carbons (Fsp3) is 0.500. The number of halogens is 3. The lowest BCUT2D eigenvalue weighted by Gasteiger charge is -2.21. The molecular weight excluding hydrogens is 438 g/mol. The second kappa shape index (κ2) is 7.89. The number of amides is 1. The van der Waals surface area contributed by atoms with Crippen LogP contribution in [0.1, 0.15) is 10.4 Å². The summed E-state index contributed by atoms with van der Waals surface area (Å²) in [6.45, 7) is 1.81. The van der Waals surface area contributed by atoms with E-state index in [0.29, 0.717) is 25.3 Å². The SMILES string of the molecule is COCCN(CCBr)C(=O)c1cc(Br)sc1Br. The first-order valence-electron chi connectivity index (χ1n) is 4.89. The Kier molecular flexibility index (Phi) is 7.25. The predicted octanol–water partition coefficient (Wildman–Crippen LogP) is 3.76. The summed E-state index contributed by atoms with van der Waals surface area (Å²) >= 11 is 11.6. The van der Waals surface area contributed by atoms with E-state index in [1.807, 2.05) is 6.07 Å². The molecule has 0 atom stereocenters. The third-order valence-electron chi connectivity index (χ3n) is 2.09. The Morgan fingerprint density at radius 1 is 1.47 bits per heavy atom. The van der Waals surface area contributed by atoms with Gasteiger partial charge in [0.2, 0.25) is 0 Å². The molecule has 0 fully saturated rings. The van der Waals surface area contributed by atoms with E-state index < -0.39 is 0 Å².